The number of rotatable bonds is 7. The van der Waals surface area contributed by atoms with E-state index in [4.69, 9.17) is 4.74 Å². The molecule has 1 amide bonds. The Labute approximate surface area is 211 Å². The largest absolute Gasteiger partial charge is 0.484 e. The molecule has 2 heterocycles. The van der Waals surface area contributed by atoms with E-state index in [1.165, 1.54) is 17.6 Å². The highest BCUT2D eigenvalue weighted by Gasteiger charge is 2.28. The molecule has 1 fully saturated rings. The molecule has 0 saturated carbocycles. The summed E-state index contributed by atoms with van der Waals surface area (Å²) in [7, 11) is -3.51. The maximum Gasteiger partial charge on any atom is 0.262 e. The van der Waals surface area contributed by atoms with Gasteiger partial charge in [0.05, 0.1) is 4.90 Å². The molecule has 1 aliphatic heterocycles. The molecule has 5 rings (SSSR count). The van der Waals surface area contributed by atoms with E-state index in [1.807, 2.05) is 30.3 Å². The van der Waals surface area contributed by atoms with Crippen molar-refractivity contribution in [3.05, 3.63) is 66.7 Å². The molecule has 1 N–H and O–H groups in total. The van der Waals surface area contributed by atoms with Crippen LogP contribution in [0, 0.1) is 5.92 Å². The molecule has 0 atom stereocenters. The molecule has 1 aliphatic rings. The van der Waals surface area contributed by atoms with Crippen molar-refractivity contribution < 1.29 is 17.9 Å². The predicted octanol–water partition coefficient (Wildman–Crippen LogP) is 5.25. The fourth-order valence-corrected chi connectivity index (χ4v) is 6.37. The summed E-state index contributed by atoms with van der Waals surface area (Å²) in [5.41, 5.74) is 3.00. The number of hydrogen-bond acceptors (Lipinski definition) is 4. The lowest BCUT2D eigenvalue weighted by atomic mass is 10.0. The molecule has 36 heavy (non-hydrogen) atoms. The third kappa shape index (κ3) is 4.70. The van der Waals surface area contributed by atoms with Gasteiger partial charge in [-0.2, -0.15) is 4.31 Å². The van der Waals surface area contributed by atoms with Crippen LogP contribution in [0.1, 0.15) is 26.7 Å². The smallest absolute Gasteiger partial charge is 0.262 e. The number of benzene rings is 3. The Bertz CT molecular complexity index is 1500. The summed E-state index contributed by atoms with van der Waals surface area (Å²) < 4.78 is 35.2. The van der Waals surface area contributed by atoms with Crippen LogP contribution in [0.15, 0.2) is 71.6 Å². The number of anilines is 1. The molecular formula is C28H31N3O4S. The Morgan fingerprint density at radius 1 is 0.972 bits per heavy atom. The first kappa shape index (κ1) is 24.3. The summed E-state index contributed by atoms with van der Waals surface area (Å²) in [5, 5.41) is 5.14. The maximum absolute atomic E-state index is 12.9. The lowest BCUT2D eigenvalue weighted by molar-refractivity contribution is -0.118. The highest BCUT2D eigenvalue weighted by molar-refractivity contribution is 7.89. The van der Waals surface area contributed by atoms with Gasteiger partial charge in [0, 0.05) is 47.1 Å². The molecule has 3 aromatic carbocycles. The third-order valence-electron chi connectivity index (χ3n) is 6.95. The molecule has 8 heteroatoms. The van der Waals surface area contributed by atoms with Crippen LogP contribution in [-0.4, -0.2) is 42.9 Å². The first-order valence-corrected chi connectivity index (χ1v) is 13.8. The van der Waals surface area contributed by atoms with Crippen LogP contribution < -0.4 is 10.1 Å². The average Bonchev–Trinajstić information content (AvgIpc) is 3.21. The first-order valence-electron chi connectivity index (χ1n) is 12.4. The number of para-hydroxylation sites is 1. The van der Waals surface area contributed by atoms with Gasteiger partial charge in [0.2, 0.25) is 10.0 Å². The van der Waals surface area contributed by atoms with Crippen molar-refractivity contribution >= 4 is 43.4 Å². The number of hydrogen-bond donors (Lipinski definition) is 1. The van der Waals surface area contributed by atoms with Gasteiger partial charge < -0.3 is 14.6 Å². The van der Waals surface area contributed by atoms with E-state index in [1.54, 1.807) is 16.4 Å². The van der Waals surface area contributed by atoms with Crippen LogP contribution >= 0.6 is 0 Å². The van der Waals surface area contributed by atoms with Gasteiger partial charge in [0.25, 0.3) is 5.91 Å². The average molecular weight is 506 g/mol. The molecule has 0 radical (unpaired) electrons. The lowest BCUT2D eigenvalue weighted by Crippen LogP contribution is -2.37. The van der Waals surface area contributed by atoms with Gasteiger partial charge in [-0.25, -0.2) is 8.42 Å². The third-order valence-corrected chi connectivity index (χ3v) is 8.86. The van der Waals surface area contributed by atoms with Crippen LogP contribution in [0.4, 0.5) is 5.69 Å². The fraction of sp³-hybridized carbons (Fsp3) is 0.321. The van der Waals surface area contributed by atoms with Gasteiger partial charge in [-0.15, -0.1) is 0 Å². The summed E-state index contributed by atoms with van der Waals surface area (Å²) in [4.78, 5) is 12.8. The Kier molecular flexibility index (Phi) is 6.73. The van der Waals surface area contributed by atoms with Crippen molar-refractivity contribution in [2.45, 2.75) is 38.1 Å². The van der Waals surface area contributed by atoms with E-state index in [9.17, 15) is 13.2 Å². The molecule has 1 saturated heterocycles. The van der Waals surface area contributed by atoms with Crippen molar-refractivity contribution in [1.82, 2.24) is 8.87 Å². The summed E-state index contributed by atoms with van der Waals surface area (Å²) in [6.45, 7) is 6.05. The van der Waals surface area contributed by atoms with Gasteiger partial charge in [-0.1, -0.05) is 25.1 Å². The maximum atomic E-state index is 12.9. The normalized spacial score (nSPS) is 15.4. The second-order valence-electron chi connectivity index (χ2n) is 9.39. The minimum Gasteiger partial charge on any atom is -0.484 e. The van der Waals surface area contributed by atoms with E-state index in [2.05, 4.69) is 35.9 Å². The van der Waals surface area contributed by atoms with Crippen LogP contribution in [0.25, 0.3) is 21.8 Å². The Hall–Kier alpha value is -3.36. The second-order valence-corrected chi connectivity index (χ2v) is 11.3. The molecule has 0 bridgehead atoms. The van der Waals surface area contributed by atoms with Crippen molar-refractivity contribution in [2.24, 2.45) is 5.92 Å². The second kappa shape index (κ2) is 9.95. The number of nitrogens with zero attached hydrogens (tertiary/aromatic N) is 2. The highest BCUT2D eigenvalue weighted by atomic mass is 32.2. The Morgan fingerprint density at radius 3 is 2.39 bits per heavy atom. The van der Waals surface area contributed by atoms with Gasteiger partial charge in [-0.3, -0.25) is 4.79 Å². The van der Waals surface area contributed by atoms with E-state index in [-0.39, 0.29) is 17.4 Å². The molecule has 188 valence electrons. The number of piperidine rings is 1. The minimum absolute atomic E-state index is 0.176. The molecule has 0 unspecified atom stereocenters. The van der Waals surface area contributed by atoms with Crippen molar-refractivity contribution in [2.75, 3.05) is 25.0 Å². The van der Waals surface area contributed by atoms with Gasteiger partial charge in [-0.05, 0) is 74.2 Å². The van der Waals surface area contributed by atoms with E-state index >= 15 is 0 Å². The van der Waals surface area contributed by atoms with Crippen molar-refractivity contribution in [3.63, 3.8) is 0 Å². The summed E-state index contributed by atoms with van der Waals surface area (Å²) in [6, 6.07) is 20.4. The number of amides is 1. The number of fused-ring (bicyclic) bond motifs is 3. The SMILES string of the molecule is CCn1c2ccccc2c2cc(NC(=O)COc3ccc(S(=O)(=O)N4CCC(C)CC4)cc3)ccc21. The number of carbonyl (C=O) groups excluding carboxylic acids is 1. The van der Waals surface area contributed by atoms with Gasteiger partial charge in [0.1, 0.15) is 5.75 Å². The molecule has 7 nitrogen and oxygen atoms in total. The summed E-state index contributed by atoms with van der Waals surface area (Å²) in [5.74, 6) is 0.711. The summed E-state index contributed by atoms with van der Waals surface area (Å²) in [6.07, 6.45) is 1.76. The zero-order chi connectivity index (χ0) is 25.3. The predicted molar refractivity (Wildman–Crippen MR) is 143 cm³/mol. The van der Waals surface area contributed by atoms with Crippen molar-refractivity contribution in [1.29, 1.82) is 0 Å². The quantitative estimate of drug-likeness (QED) is 0.372. The van der Waals surface area contributed by atoms with Crippen molar-refractivity contribution in [3.8, 4) is 5.75 Å². The molecule has 0 aliphatic carbocycles. The van der Waals surface area contributed by atoms with Crippen LogP contribution in [0.3, 0.4) is 0 Å². The number of carbonyl (C=O) groups is 1. The van der Waals surface area contributed by atoms with E-state index in [0.717, 1.165) is 35.7 Å². The van der Waals surface area contributed by atoms with Gasteiger partial charge in [0.15, 0.2) is 6.61 Å². The monoisotopic (exact) mass is 505 g/mol. The first-order chi connectivity index (χ1) is 17.4. The number of ether oxygens (including phenoxy) is 1. The number of sulfonamides is 1. The molecule has 0 spiro atoms. The van der Waals surface area contributed by atoms with Crippen LogP contribution in [0.2, 0.25) is 0 Å². The zero-order valence-corrected chi connectivity index (χ0v) is 21.4. The molecule has 4 aromatic rings. The molecule has 1 aromatic heterocycles. The minimum atomic E-state index is -3.51. The number of aryl methyl sites for hydroxylation is 1. The zero-order valence-electron chi connectivity index (χ0n) is 20.6. The Balaban J connectivity index is 1.23. The lowest BCUT2D eigenvalue weighted by Gasteiger charge is -2.29. The highest BCUT2D eigenvalue weighted by Crippen LogP contribution is 2.31. The van der Waals surface area contributed by atoms with Crippen LogP contribution in [-0.2, 0) is 21.4 Å². The number of aromatic nitrogens is 1. The Morgan fingerprint density at radius 2 is 1.67 bits per heavy atom. The van der Waals surface area contributed by atoms with E-state index in [0.29, 0.717) is 30.4 Å². The van der Waals surface area contributed by atoms with Gasteiger partial charge >= 0.3 is 0 Å². The fourth-order valence-electron chi connectivity index (χ4n) is 4.90. The summed E-state index contributed by atoms with van der Waals surface area (Å²) >= 11 is 0. The number of nitrogens with one attached hydrogen (secondary N) is 1. The standard InChI is InChI=1S/C28H31N3O4S/c1-3-31-26-7-5-4-6-24(26)25-18-21(8-13-27(25)31)29-28(32)19-35-22-9-11-23(12-10-22)36(33,34)30-16-14-20(2)15-17-30/h4-13,18,20H,3,14-17,19H2,1-2H3,(H,29,32). The topological polar surface area (TPSA) is 80.6 Å². The molecular weight excluding hydrogens is 474 g/mol. The van der Waals surface area contributed by atoms with E-state index < -0.39 is 10.0 Å². The van der Waals surface area contributed by atoms with Crippen LogP contribution in [0.5, 0.6) is 5.75 Å².